The van der Waals surface area contributed by atoms with E-state index in [1.54, 1.807) is 37.6 Å². The first-order chi connectivity index (χ1) is 19.4. The molecule has 1 aliphatic rings. The Morgan fingerprint density at radius 1 is 1.07 bits per heavy atom. The average Bonchev–Trinajstić information content (AvgIpc) is 3.64. The number of aromatic nitrogens is 2. The van der Waals surface area contributed by atoms with Crippen LogP contribution < -0.4 is 15.6 Å². The maximum absolute atomic E-state index is 13.4. The summed E-state index contributed by atoms with van der Waals surface area (Å²) < 4.78 is 10.5. The topological polar surface area (TPSA) is 127 Å². The fraction of sp³-hybridized carbons (Fsp3) is 0.276. The van der Waals surface area contributed by atoms with Crippen molar-refractivity contribution in [2.75, 3.05) is 20.2 Å². The third-order valence-corrected chi connectivity index (χ3v) is 7.83. The van der Waals surface area contributed by atoms with Crippen LogP contribution in [0.15, 0.2) is 64.5 Å². The summed E-state index contributed by atoms with van der Waals surface area (Å²) in [6.45, 7) is 2.87. The van der Waals surface area contributed by atoms with Crippen molar-refractivity contribution in [3.05, 3.63) is 87.6 Å². The lowest BCUT2D eigenvalue weighted by Crippen LogP contribution is -2.42. The zero-order valence-corrected chi connectivity index (χ0v) is 23.0. The number of nitrogens with zero attached hydrogens (tertiary/aromatic N) is 3. The van der Waals surface area contributed by atoms with Gasteiger partial charge in [0.05, 0.1) is 18.5 Å². The number of piperidine rings is 1. The van der Waals surface area contributed by atoms with Crippen LogP contribution in [-0.4, -0.2) is 53.0 Å². The molecule has 11 heteroatoms. The maximum atomic E-state index is 13.4. The molecular weight excluding hydrogens is 530 g/mol. The van der Waals surface area contributed by atoms with Crippen molar-refractivity contribution >= 4 is 29.1 Å². The second kappa shape index (κ2) is 12.1. The molecule has 10 nitrogen and oxygen atoms in total. The Balaban J connectivity index is 1.14. The number of hydrogen-bond acceptors (Lipinski definition) is 8. The molecule has 1 aliphatic heterocycles. The van der Waals surface area contributed by atoms with E-state index in [1.807, 2.05) is 41.3 Å². The number of ether oxygens (including phenoxy) is 1. The van der Waals surface area contributed by atoms with Crippen molar-refractivity contribution in [2.45, 2.75) is 32.1 Å². The number of methoxy groups -OCH3 is 1. The number of carbonyl (C=O) groups is 3. The van der Waals surface area contributed by atoms with Crippen molar-refractivity contribution in [1.29, 1.82) is 0 Å². The zero-order chi connectivity index (χ0) is 28.1. The lowest BCUT2D eigenvalue weighted by Gasteiger charge is -2.31. The summed E-state index contributed by atoms with van der Waals surface area (Å²) in [7, 11) is 1.56. The van der Waals surface area contributed by atoms with Crippen molar-refractivity contribution in [3.63, 3.8) is 0 Å². The first kappa shape index (κ1) is 27.1. The smallest absolute Gasteiger partial charge is 0.289 e. The Hall–Kier alpha value is -4.51. The van der Waals surface area contributed by atoms with E-state index in [0.29, 0.717) is 35.9 Å². The predicted molar refractivity (Wildman–Crippen MR) is 149 cm³/mol. The lowest BCUT2D eigenvalue weighted by molar-refractivity contribution is -0.121. The summed E-state index contributed by atoms with van der Waals surface area (Å²) in [5, 5.41) is 6.66. The van der Waals surface area contributed by atoms with E-state index in [2.05, 4.69) is 21.0 Å². The molecule has 1 saturated heterocycles. The summed E-state index contributed by atoms with van der Waals surface area (Å²) in [5.74, 6) is 0.357. The van der Waals surface area contributed by atoms with Crippen LogP contribution in [-0.2, 0) is 11.2 Å². The molecular formula is C29H29N5O5S. The minimum absolute atomic E-state index is 0.0956. The molecule has 5 rings (SSSR count). The Bertz CT molecular complexity index is 1510. The molecule has 0 spiro atoms. The first-order valence-corrected chi connectivity index (χ1v) is 13.8. The molecule has 4 aromatic rings. The van der Waals surface area contributed by atoms with Gasteiger partial charge < -0.3 is 14.2 Å². The number of hydrogen-bond donors (Lipinski definition) is 2. The molecule has 3 heterocycles. The molecule has 2 aromatic carbocycles. The van der Waals surface area contributed by atoms with Gasteiger partial charge in [0.1, 0.15) is 28.5 Å². The fourth-order valence-corrected chi connectivity index (χ4v) is 5.66. The highest BCUT2D eigenvalue weighted by molar-refractivity contribution is 7.09. The summed E-state index contributed by atoms with van der Waals surface area (Å²) in [6.07, 6.45) is 1.55. The van der Waals surface area contributed by atoms with Crippen molar-refractivity contribution in [3.8, 4) is 17.0 Å². The summed E-state index contributed by atoms with van der Waals surface area (Å²) >= 11 is 1.41. The molecule has 0 radical (unpaired) electrons. The number of aryl methyl sites for hydroxylation is 1. The van der Waals surface area contributed by atoms with E-state index >= 15 is 0 Å². The summed E-state index contributed by atoms with van der Waals surface area (Å²) in [6, 6.07) is 16.7. The highest BCUT2D eigenvalue weighted by Crippen LogP contribution is 2.32. The summed E-state index contributed by atoms with van der Waals surface area (Å²) in [5.41, 5.74) is 7.76. The lowest BCUT2D eigenvalue weighted by atomic mass is 9.96. The molecule has 0 saturated carbocycles. The molecule has 2 N–H and O–H groups in total. The van der Waals surface area contributed by atoms with E-state index in [-0.39, 0.29) is 29.8 Å². The van der Waals surface area contributed by atoms with Crippen molar-refractivity contribution in [1.82, 2.24) is 25.9 Å². The van der Waals surface area contributed by atoms with Gasteiger partial charge in [-0.25, -0.2) is 4.98 Å². The highest BCUT2D eigenvalue weighted by atomic mass is 32.1. The van der Waals surface area contributed by atoms with Crippen LogP contribution in [0.4, 0.5) is 0 Å². The van der Waals surface area contributed by atoms with Gasteiger partial charge in [-0.15, -0.1) is 11.3 Å². The number of amides is 3. The van der Waals surface area contributed by atoms with Crippen LogP contribution in [0, 0.1) is 6.92 Å². The number of thiazole rings is 1. The van der Waals surface area contributed by atoms with E-state index in [0.717, 1.165) is 29.0 Å². The van der Waals surface area contributed by atoms with Gasteiger partial charge in [0.15, 0.2) is 0 Å². The van der Waals surface area contributed by atoms with Gasteiger partial charge in [0.2, 0.25) is 5.91 Å². The van der Waals surface area contributed by atoms with Gasteiger partial charge in [0, 0.05) is 30.0 Å². The van der Waals surface area contributed by atoms with E-state index < -0.39 is 5.91 Å². The van der Waals surface area contributed by atoms with Gasteiger partial charge in [-0.2, -0.15) is 0 Å². The molecule has 3 amide bonds. The molecule has 0 unspecified atom stereocenters. The second-order valence-electron chi connectivity index (χ2n) is 9.50. The Kier molecular flexibility index (Phi) is 8.20. The molecule has 40 heavy (non-hydrogen) atoms. The third kappa shape index (κ3) is 6.04. The third-order valence-electron chi connectivity index (χ3n) is 6.82. The van der Waals surface area contributed by atoms with Crippen LogP contribution in [0.2, 0.25) is 0 Å². The largest absolute Gasteiger partial charge is 0.497 e. The predicted octanol–water partition coefficient (Wildman–Crippen LogP) is 4.14. The number of carbonyl (C=O) groups excluding carboxylic acids is 3. The number of benzene rings is 2. The monoisotopic (exact) mass is 559 g/mol. The van der Waals surface area contributed by atoms with Crippen LogP contribution in [0.5, 0.6) is 5.75 Å². The Labute approximate surface area is 235 Å². The van der Waals surface area contributed by atoms with E-state index in [9.17, 15) is 14.4 Å². The summed E-state index contributed by atoms with van der Waals surface area (Å²) in [4.78, 5) is 44.6. The first-order valence-electron chi connectivity index (χ1n) is 12.9. The van der Waals surface area contributed by atoms with Gasteiger partial charge in [-0.3, -0.25) is 25.2 Å². The van der Waals surface area contributed by atoms with Crippen LogP contribution in [0.1, 0.15) is 55.9 Å². The molecule has 0 aliphatic carbocycles. The second-order valence-corrected chi connectivity index (χ2v) is 10.4. The molecule has 0 atom stereocenters. The highest BCUT2D eigenvalue weighted by Gasteiger charge is 2.31. The van der Waals surface area contributed by atoms with Gasteiger partial charge in [-0.05, 0) is 37.5 Å². The van der Waals surface area contributed by atoms with E-state index in [1.165, 1.54) is 11.3 Å². The SMILES string of the molecule is COc1cccc(CC(=O)NNC(=O)c2csc(C3CCN(C(=O)c4c(-c5ccccc5)noc4C)CC3)n2)c1. The number of rotatable bonds is 7. The average molecular weight is 560 g/mol. The molecule has 0 bridgehead atoms. The standard InChI is InChI=1S/C29H29N5O5S/c1-18-25(26(33-39-18)20-8-4-3-5-9-20)29(37)34-13-11-21(12-14-34)28-30-23(17-40-28)27(36)32-31-24(35)16-19-7-6-10-22(15-19)38-2/h3-10,15,17,21H,11-14,16H2,1-2H3,(H,31,35)(H,32,36). The zero-order valence-electron chi connectivity index (χ0n) is 22.2. The van der Waals surface area contributed by atoms with Crippen LogP contribution >= 0.6 is 11.3 Å². The molecule has 2 aromatic heterocycles. The van der Waals surface area contributed by atoms with Crippen molar-refractivity contribution < 1.29 is 23.6 Å². The van der Waals surface area contributed by atoms with Crippen LogP contribution in [0.25, 0.3) is 11.3 Å². The quantitative estimate of drug-likeness (QED) is 0.326. The number of likely N-dealkylation sites (tertiary alicyclic amines) is 1. The maximum Gasteiger partial charge on any atom is 0.289 e. The molecule has 206 valence electrons. The van der Waals surface area contributed by atoms with Crippen LogP contribution in [0.3, 0.4) is 0 Å². The normalized spacial score (nSPS) is 13.6. The fourth-order valence-electron chi connectivity index (χ4n) is 4.69. The van der Waals surface area contributed by atoms with E-state index in [4.69, 9.17) is 9.26 Å². The van der Waals surface area contributed by atoms with Gasteiger partial charge in [-0.1, -0.05) is 47.6 Å². The van der Waals surface area contributed by atoms with Gasteiger partial charge in [0.25, 0.3) is 11.8 Å². The number of nitrogens with one attached hydrogen (secondary N) is 2. The Morgan fingerprint density at radius 2 is 1.85 bits per heavy atom. The number of hydrazine groups is 1. The van der Waals surface area contributed by atoms with Gasteiger partial charge >= 0.3 is 0 Å². The molecule has 1 fully saturated rings. The minimum Gasteiger partial charge on any atom is -0.497 e. The minimum atomic E-state index is -0.481. The van der Waals surface area contributed by atoms with Crippen molar-refractivity contribution in [2.24, 2.45) is 0 Å². The Morgan fingerprint density at radius 3 is 2.60 bits per heavy atom.